The molecule has 8 nitrogen and oxygen atoms in total. The number of carbonyl (C=O) groups is 1. The van der Waals surface area contributed by atoms with Crippen LogP contribution in [0.3, 0.4) is 0 Å². The molecule has 0 fully saturated rings. The monoisotopic (exact) mass is 378 g/mol. The Bertz CT molecular complexity index is 909. The predicted octanol–water partition coefficient (Wildman–Crippen LogP) is 2.25. The maximum atomic E-state index is 12.0. The molecule has 0 saturated heterocycles. The van der Waals surface area contributed by atoms with Gasteiger partial charge in [-0.2, -0.15) is 0 Å². The Kier molecular flexibility index (Phi) is 5.93. The molecule has 1 N–H and O–H groups in total. The number of amides is 1. The van der Waals surface area contributed by atoms with E-state index in [1.54, 1.807) is 19.1 Å². The normalized spacial score (nSPS) is 12.2. The van der Waals surface area contributed by atoms with Crippen LogP contribution < -0.4 is 10.1 Å². The van der Waals surface area contributed by atoms with E-state index in [1.807, 2.05) is 0 Å². The SMILES string of the molecule is C[C@@H](NC(=O)COc1cccc([N+](=O)[O-])c1)c1ccc(S(C)(=O)=O)cc1. The second-order valence-corrected chi connectivity index (χ2v) is 7.69. The fourth-order valence-electron chi connectivity index (χ4n) is 2.21. The van der Waals surface area contributed by atoms with E-state index >= 15 is 0 Å². The molecule has 138 valence electrons. The number of ether oxygens (including phenoxy) is 1. The first kappa shape index (κ1) is 19.4. The minimum Gasteiger partial charge on any atom is -0.484 e. The van der Waals surface area contributed by atoms with Gasteiger partial charge in [0.15, 0.2) is 16.4 Å². The highest BCUT2D eigenvalue weighted by Gasteiger charge is 2.13. The van der Waals surface area contributed by atoms with Crippen molar-refractivity contribution >= 4 is 21.4 Å². The molecule has 0 saturated carbocycles. The van der Waals surface area contributed by atoms with Gasteiger partial charge in [0.05, 0.1) is 21.9 Å². The summed E-state index contributed by atoms with van der Waals surface area (Å²) >= 11 is 0. The van der Waals surface area contributed by atoms with Gasteiger partial charge in [0.2, 0.25) is 0 Å². The van der Waals surface area contributed by atoms with Gasteiger partial charge in [-0.1, -0.05) is 18.2 Å². The van der Waals surface area contributed by atoms with E-state index in [2.05, 4.69) is 5.32 Å². The van der Waals surface area contributed by atoms with E-state index in [0.717, 1.165) is 11.8 Å². The van der Waals surface area contributed by atoms with Crippen molar-refractivity contribution in [1.82, 2.24) is 5.32 Å². The Morgan fingerprint density at radius 1 is 1.23 bits per heavy atom. The van der Waals surface area contributed by atoms with Crippen LogP contribution in [0.15, 0.2) is 53.4 Å². The quantitative estimate of drug-likeness (QED) is 0.583. The van der Waals surface area contributed by atoms with Crippen molar-refractivity contribution in [3.05, 3.63) is 64.2 Å². The number of nitrogens with one attached hydrogen (secondary N) is 1. The molecule has 0 unspecified atom stereocenters. The fourth-order valence-corrected chi connectivity index (χ4v) is 2.84. The van der Waals surface area contributed by atoms with Crippen LogP contribution in [0.2, 0.25) is 0 Å². The number of carbonyl (C=O) groups excluding carboxylic acids is 1. The second-order valence-electron chi connectivity index (χ2n) is 5.67. The number of nitro benzene ring substituents is 1. The van der Waals surface area contributed by atoms with Crippen molar-refractivity contribution < 1.29 is 22.9 Å². The fraction of sp³-hybridized carbons (Fsp3) is 0.235. The molecule has 26 heavy (non-hydrogen) atoms. The van der Waals surface area contributed by atoms with Crippen LogP contribution in [0.4, 0.5) is 5.69 Å². The molecule has 9 heteroatoms. The minimum absolute atomic E-state index is 0.123. The molecule has 0 spiro atoms. The largest absolute Gasteiger partial charge is 0.484 e. The second kappa shape index (κ2) is 7.96. The number of non-ortho nitro benzene ring substituents is 1. The maximum absolute atomic E-state index is 12.0. The smallest absolute Gasteiger partial charge is 0.273 e. The highest BCUT2D eigenvalue weighted by Crippen LogP contribution is 2.19. The highest BCUT2D eigenvalue weighted by molar-refractivity contribution is 7.90. The first-order valence-electron chi connectivity index (χ1n) is 7.63. The van der Waals surface area contributed by atoms with Gasteiger partial charge in [0.25, 0.3) is 11.6 Å². The zero-order valence-electron chi connectivity index (χ0n) is 14.2. The summed E-state index contributed by atoms with van der Waals surface area (Å²) in [6.45, 7) is 1.45. The first-order valence-corrected chi connectivity index (χ1v) is 9.52. The van der Waals surface area contributed by atoms with Gasteiger partial charge in [-0.15, -0.1) is 0 Å². The molecule has 1 amide bonds. The summed E-state index contributed by atoms with van der Waals surface area (Å²) in [5, 5.41) is 13.4. The van der Waals surface area contributed by atoms with Crippen LogP contribution in [0.25, 0.3) is 0 Å². The number of nitro groups is 1. The van der Waals surface area contributed by atoms with E-state index in [0.29, 0.717) is 0 Å². The molecule has 0 radical (unpaired) electrons. The molecule has 0 heterocycles. The molecule has 0 aliphatic rings. The molecule has 2 aromatic rings. The van der Waals surface area contributed by atoms with E-state index in [1.165, 1.54) is 36.4 Å². The van der Waals surface area contributed by atoms with Crippen molar-refractivity contribution in [3.8, 4) is 5.75 Å². The number of sulfone groups is 1. The average Bonchev–Trinajstić information content (AvgIpc) is 2.59. The zero-order chi connectivity index (χ0) is 19.3. The Morgan fingerprint density at radius 3 is 2.46 bits per heavy atom. The lowest BCUT2D eigenvalue weighted by atomic mass is 10.1. The van der Waals surface area contributed by atoms with E-state index in [9.17, 15) is 23.3 Å². The van der Waals surface area contributed by atoms with Crippen LogP contribution >= 0.6 is 0 Å². The van der Waals surface area contributed by atoms with Gasteiger partial charge in [-0.05, 0) is 30.7 Å². The molecule has 1 atom stereocenters. The summed E-state index contributed by atoms with van der Waals surface area (Å²) in [5.74, 6) is -0.185. The summed E-state index contributed by atoms with van der Waals surface area (Å²) in [4.78, 5) is 22.3. The van der Waals surface area contributed by atoms with Crippen molar-refractivity contribution in [2.24, 2.45) is 0 Å². The molecule has 0 aliphatic carbocycles. The maximum Gasteiger partial charge on any atom is 0.273 e. The van der Waals surface area contributed by atoms with Crippen molar-refractivity contribution in [2.45, 2.75) is 17.9 Å². The molecular weight excluding hydrogens is 360 g/mol. The predicted molar refractivity (Wildman–Crippen MR) is 94.7 cm³/mol. The van der Waals surface area contributed by atoms with Crippen LogP contribution in [0.1, 0.15) is 18.5 Å². The van der Waals surface area contributed by atoms with Gasteiger partial charge < -0.3 is 10.1 Å². The average molecular weight is 378 g/mol. The summed E-state index contributed by atoms with van der Waals surface area (Å²) < 4.78 is 28.2. The van der Waals surface area contributed by atoms with Gasteiger partial charge in [0, 0.05) is 12.3 Å². The number of hydrogen-bond acceptors (Lipinski definition) is 6. The third kappa shape index (κ3) is 5.28. The molecule has 0 aliphatic heterocycles. The number of hydrogen-bond donors (Lipinski definition) is 1. The number of nitrogens with zero attached hydrogens (tertiary/aromatic N) is 1. The Labute approximate surface area is 150 Å². The summed E-state index contributed by atoms with van der Waals surface area (Å²) in [7, 11) is -3.27. The minimum atomic E-state index is -3.27. The van der Waals surface area contributed by atoms with Crippen molar-refractivity contribution in [3.63, 3.8) is 0 Å². The molecule has 2 rings (SSSR count). The van der Waals surface area contributed by atoms with Crippen molar-refractivity contribution in [2.75, 3.05) is 12.9 Å². The third-order valence-corrected chi connectivity index (χ3v) is 4.71. The molecule has 2 aromatic carbocycles. The zero-order valence-corrected chi connectivity index (χ0v) is 15.0. The van der Waals surface area contributed by atoms with Crippen molar-refractivity contribution in [1.29, 1.82) is 0 Å². The summed E-state index contributed by atoms with van der Waals surface area (Å²) in [6, 6.07) is 11.4. The van der Waals surface area contributed by atoms with Crippen LogP contribution in [0, 0.1) is 10.1 Å². The Morgan fingerprint density at radius 2 is 1.88 bits per heavy atom. The van der Waals surface area contributed by atoms with E-state index in [-0.39, 0.29) is 29.0 Å². The third-order valence-electron chi connectivity index (χ3n) is 3.58. The van der Waals surface area contributed by atoms with E-state index < -0.39 is 20.7 Å². The first-order chi connectivity index (χ1) is 12.2. The summed E-state index contributed by atoms with van der Waals surface area (Å²) in [5.41, 5.74) is 0.614. The Hall–Kier alpha value is -2.94. The topological polar surface area (TPSA) is 116 Å². The highest BCUT2D eigenvalue weighted by atomic mass is 32.2. The van der Waals surface area contributed by atoms with Gasteiger partial charge >= 0.3 is 0 Å². The summed E-state index contributed by atoms with van der Waals surface area (Å²) in [6.07, 6.45) is 1.12. The molecule has 0 bridgehead atoms. The standard InChI is InChI=1S/C17H18N2O6S/c1-12(13-6-8-16(9-7-13)26(2,23)24)18-17(20)11-25-15-5-3-4-14(10-15)19(21)22/h3-10,12H,11H2,1-2H3,(H,18,20)/t12-/m1/s1. The molecular formula is C17H18N2O6S. The van der Waals surface area contributed by atoms with Crippen LogP contribution in [-0.4, -0.2) is 32.1 Å². The molecule has 0 aromatic heterocycles. The lowest BCUT2D eigenvalue weighted by molar-refractivity contribution is -0.384. The van der Waals surface area contributed by atoms with Crippen LogP contribution in [0.5, 0.6) is 5.75 Å². The van der Waals surface area contributed by atoms with Gasteiger partial charge in [0.1, 0.15) is 5.75 Å². The van der Waals surface area contributed by atoms with E-state index in [4.69, 9.17) is 4.74 Å². The van der Waals surface area contributed by atoms with Gasteiger partial charge in [-0.25, -0.2) is 8.42 Å². The Balaban J connectivity index is 1.93. The van der Waals surface area contributed by atoms with Gasteiger partial charge in [-0.3, -0.25) is 14.9 Å². The lowest BCUT2D eigenvalue weighted by Crippen LogP contribution is -2.31. The van der Waals surface area contributed by atoms with Crippen LogP contribution in [-0.2, 0) is 14.6 Å². The number of benzene rings is 2. The number of rotatable bonds is 7. The lowest BCUT2D eigenvalue weighted by Gasteiger charge is -2.15.